The van der Waals surface area contributed by atoms with Gasteiger partial charge in [-0.15, -0.1) is 0 Å². The van der Waals surface area contributed by atoms with Gasteiger partial charge in [-0.05, 0) is 56.2 Å². The Kier molecular flexibility index (Phi) is 5.88. The molecule has 0 radical (unpaired) electrons. The maximum Gasteiger partial charge on any atom is 0.337 e. The van der Waals surface area contributed by atoms with Crippen molar-refractivity contribution < 1.29 is 14.3 Å². The van der Waals surface area contributed by atoms with Crippen LogP contribution in [0.1, 0.15) is 18.1 Å². The number of anilines is 2. The largest absolute Gasteiger partial charge is 0.424 e. The van der Waals surface area contributed by atoms with Crippen LogP contribution in [0.25, 0.3) is 5.69 Å². The number of nitrogens with one attached hydrogen (secondary N) is 1. The molecule has 0 unspecified atom stereocenters. The summed E-state index contributed by atoms with van der Waals surface area (Å²) in [6.07, 6.45) is 1.90. The van der Waals surface area contributed by atoms with E-state index in [2.05, 4.69) is 10.4 Å². The van der Waals surface area contributed by atoms with Crippen LogP contribution in [0, 0.1) is 13.8 Å². The summed E-state index contributed by atoms with van der Waals surface area (Å²) in [5.74, 6) is 0.907. The molecule has 6 nitrogen and oxygen atoms in total. The third-order valence-electron chi connectivity index (χ3n) is 3.98. The lowest BCUT2D eigenvalue weighted by Crippen LogP contribution is -2.16. The average Bonchev–Trinajstić information content (AvgIpc) is 3.12. The highest BCUT2D eigenvalue weighted by Gasteiger charge is 2.12. The highest BCUT2D eigenvalue weighted by molar-refractivity contribution is 5.75. The number of carbonyl (C=O) groups is 1. The van der Waals surface area contributed by atoms with Gasteiger partial charge in [-0.1, -0.05) is 18.2 Å². The molecule has 3 aromatic rings. The van der Waals surface area contributed by atoms with Gasteiger partial charge in [-0.25, -0.2) is 9.48 Å². The Balaban J connectivity index is 1.73. The van der Waals surface area contributed by atoms with Crippen molar-refractivity contribution in [2.75, 3.05) is 18.5 Å². The zero-order valence-corrected chi connectivity index (χ0v) is 15.7. The van der Waals surface area contributed by atoms with Gasteiger partial charge in [0.25, 0.3) is 0 Å². The van der Waals surface area contributed by atoms with Crippen molar-refractivity contribution in [2.45, 2.75) is 20.8 Å². The number of aromatic nitrogens is 2. The van der Waals surface area contributed by atoms with E-state index in [9.17, 15) is 4.79 Å². The van der Waals surface area contributed by atoms with Gasteiger partial charge in [0, 0.05) is 24.6 Å². The molecule has 0 amide bonds. The second kappa shape index (κ2) is 8.51. The Bertz CT molecular complexity index is 896. The molecule has 3 rings (SSSR count). The number of nitrogens with zero attached hydrogens (tertiary/aromatic N) is 2. The summed E-state index contributed by atoms with van der Waals surface area (Å²) in [6.45, 7) is 6.08. The highest BCUT2D eigenvalue weighted by Crippen LogP contribution is 2.29. The van der Waals surface area contributed by atoms with E-state index >= 15 is 0 Å². The van der Waals surface area contributed by atoms with Gasteiger partial charge in [-0.3, -0.25) is 0 Å². The number of para-hydroxylation sites is 1. The van der Waals surface area contributed by atoms with Crippen LogP contribution in [0.2, 0.25) is 0 Å². The first-order valence-electron chi connectivity index (χ1n) is 8.84. The van der Waals surface area contributed by atoms with Gasteiger partial charge in [-0.2, -0.15) is 5.10 Å². The molecule has 27 heavy (non-hydrogen) atoms. The summed E-state index contributed by atoms with van der Waals surface area (Å²) in [4.78, 5) is 11.8. The van der Waals surface area contributed by atoms with Crippen LogP contribution in [-0.2, 0) is 9.53 Å². The number of ether oxygens (including phenoxy) is 2. The Labute approximate surface area is 158 Å². The normalized spacial score (nSPS) is 10.6. The Hall–Kier alpha value is -3.12. The van der Waals surface area contributed by atoms with Crippen LogP contribution in [0.15, 0.2) is 54.7 Å². The summed E-state index contributed by atoms with van der Waals surface area (Å²) < 4.78 is 12.3. The molecule has 0 aliphatic rings. The van der Waals surface area contributed by atoms with Gasteiger partial charge in [0.2, 0.25) is 0 Å². The maximum absolute atomic E-state index is 11.8. The molecule has 2 aromatic carbocycles. The molecule has 1 heterocycles. The van der Waals surface area contributed by atoms with Gasteiger partial charge in [0.15, 0.2) is 5.82 Å². The Morgan fingerprint density at radius 3 is 2.48 bits per heavy atom. The fourth-order valence-electron chi connectivity index (χ4n) is 2.78. The minimum absolute atomic E-state index is 0.0493. The molecule has 0 bridgehead atoms. The number of esters is 1. The van der Waals surface area contributed by atoms with Gasteiger partial charge in [0.1, 0.15) is 12.4 Å². The molecule has 0 fully saturated rings. The van der Waals surface area contributed by atoms with Crippen molar-refractivity contribution in [3.05, 3.63) is 65.9 Å². The molecular formula is C21H23N3O3. The standard InChI is InChI=1S/C21H23N3O3/c1-4-26-14-20(25)27-21-15(2)12-17(13-16(21)3)22-19-10-11-24(23-19)18-8-6-5-7-9-18/h5-13H,4,14H2,1-3H3,(H,22,23). The van der Waals surface area contributed by atoms with Crippen molar-refractivity contribution in [1.29, 1.82) is 0 Å². The van der Waals surface area contributed by atoms with Crippen LogP contribution in [0.5, 0.6) is 5.75 Å². The van der Waals surface area contributed by atoms with E-state index in [1.807, 2.05) is 80.2 Å². The number of hydrogen-bond donors (Lipinski definition) is 1. The van der Waals surface area contributed by atoms with Crippen LogP contribution in [-0.4, -0.2) is 29.0 Å². The smallest absolute Gasteiger partial charge is 0.337 e. The van der Waals surface area contributed by atoms with Gasteiger partial charge < -0.3 is 14.8 Å². The zero-order valence-electron chi connectivity index (χ0n) is 15.7. The predicted octanol–water partition coefficient (Wildman–Crippen LogP) is 4.17. The molecular weight excluding hydrogens is 342 g/mol. The summed E-state index contributed by atoms with van der Waals surface area (Å²) in [6, 6.07) is 15.7. The van der Waals surface area contributed by atoms with Crippen molar-refractivity contribution in [1.82, 2.24) is 9.78 Å². The SMILES string of the molecule is CCOCC(=O)Oc1c(C)cc(Nc2ccn(-c3ccccc3)n2)cc1C. The highest BCUT2D eigenvalue weighted by atomic mass is 16.6. The van der Waals surface area contributed by atoms with Crippen molar-refractivity contribution in [3.63, 3.8) is 0 Å². The number of aryl methyl sites for hydroxylation is 2. The first kappa shape index (κ1) is 18.7. The maximum atomic E-state index is 11.8. The summed E-state index contributed by atoms with van der Waals surface area (Å²) >= 11 is 0. The molecule has 1 N–H and O–H groups in total. The molecule has 140 valence electrons. The van der Waals surface area contributed by atoms with Crippen molar-refractivity contribution in [2.24, 2.45) is 0 Å². The van der Waals surface area contributed by atoms with Crippen molar-refractivity contribution in [3.8, 4) is 11.4 Å². The fourth-order valence-corrected chi connectivity index (χ4v) is 2.78. The zero-order chi connectivity index (χ0) is 19.2. The van der Waals surface area contributed by atoms with Gasteiger partial charge >= 0.3 is 5.97 Å². The third-order valence-corrected chi connectivity index (χ3v) is 3.98. The van der Waals surface area contributed by atoms with Crippen LogP contribution in [0.4, 0.5) is 11.5 Å². The number of hydrogen-bond acceptors (Lipinski definition) is 5. The summed E-state index contributed by atoms with van der Waals surface area (Å²) in [5.41, 5.74) is 3.61. The lowest BCUT2D eigenvalue weighted by Gasteiger charge is -2.13. The van der Waals surface area contributed by atoms with Crippen LogP contribution >= 0.6 is 0 Å². The molecule has 0 aliphatic carbocycles. The van der Waals surface area contributed by atoms with E-state index in [-0.39, 0.29) is 6.61 Å². The van der Waals surface area contributed by atoms with E-state index < -0.39 is 5.97 Å². The molecule has 0 aliphatic heterocycles. The minimum atomic E-state index is -0.398. The van der Waals surface area contributed by atoms with E-state index in [4.69, 9.17) is 9.47 Å². The van der Waals surface area contributed by atoms with E-state index in [1.165, 1.54) is 0 Å². The summed E-state index contributed by atoms with van der Waals surface area (Å²) in [7, 11) is 0. The van der Waals surface area contributed by atoms with E-state index in [1.54, 1.807) is 0 Å². The number of benzene rings is 2. The quantitative estimate of drug-likeness (QED) is 0.503. The summed E-state index contributed by atoms with van der Waals surface area (Å²) in [5, 5.41) is 7.84. The van der Waals surface area contributed by atoms with E-state index in [0.717, 1.165) is 28.3 Å². The lowest BCUT2D eigenvalue weighted by atomic mass is 10.1. The van der Waals surface area contributed by atoms with Crippen molar-refractivity contribution >= 4 is 17.5 Å². The second-order valence-electron chi connectivity index (χ2n) is 6.16. The number of carbonyl (C=O) groups excluding carboxylic acids is 1. The predicted molar refractivity (Wildman–Crippen MR) is 105 cm³/mol. The Morgan fingerprint density at radius 1 is 1.11 bits per heavy atom. The van der Waals surface area contributed by atoms with E-state index in [0.29, 0.717) is 12.4 Å². The number of rotatable bonds is 7. The molecule has 0 saturated carbocycles. The first-order chi connectivity index (χ1) is 13.1. The topological polar surface area (TPSA) is 65.4 Å². The molecule has 0 atom stereocenters. The lowest BCUT2D eigenvalue weighted by molar-refractivity contribution is -0.139. The molecule has 0 spiro atoms. The molecule has 6 heteroatoms. The van der Waals surface area contributed by atoms with Crippen LogP contribution in [0.3, 0.4) is 0 Å². The second-order valence-corrected chi connectivity index (χ2v) is 6.16. The minimum Gasteiger partial charge on any atom is -0.424 e. The third kappa shape index (κ3) is 4.74. The monoisotopic (exact) mass is 365 g/mol. The van der Waals surface area contributed by atoms with Crippen LogP contribution < -0.4 is 10.1 Å². The van der Waals surface area contributed by atoms with Gasteiger partial charge in [0.05, 0.1) is 5.69 Å². The fraction of sp³-hybridized carbons (Fsp3) is 0.238. The first-order valence-corrected chi connectivity index (χ1v) is 8.84. The molecule has 1 aromatic heterocycles. The average molecular weight is 365 g/mol. The Morgan fingerprint density at radius 2 is 1.81 bits per heavy atom. The molecule has 0 saturated heterocycles.